The molecule has 0 saturated carbocycles. The van der Waals surface area contributed by atoms with Crippen LogP contribution in [0.5, 0.6) is 0 Å². The first-order valence-corrected chi connectivity index (χ1v) is 7.02. The second kappa shape index (κ2) is 5.04. The number of aromatic nitrogens is 5. The van der Waals surface area contributed by atoms with Crippen LogP contribution < -0.4 is 5.22 Å². The highest BCUT2D eigenvalue weighted by Crippen LogP contribution is 2.13. The van der Waals surface area contributed by atoms with Crippen LogP contribution in [0.3, 0.4) is 0 Å². The van der Waals surface area contributed by atoms with Crippen LogP contribution in [0.15, 0.2) is 54.9 Å². The van der Waals surface area contributed by atoms with Crippen LogP contribution in [0.4, 0.5) is 0 Å². The van der Waals surface area contributed by atoms with Crippen molar-refractivity contribution in [2.24, 2.45) is 0 Å². The molecule has 1 aromatic carbocycles. The van der Waals surface area contributed by atoms with Crippen molar-refractivity contribution in [1.82, 2.24) is 24.8 Å². The van der Waals surface area contributed by atoms with Gasteiger partial charge < -0.3 is 0 Å². The van der Waals surface area contributed by atoms with Gasteiger partial charge in [0.25, 0.3) is 0 Å². The molecule has 0 spiro atoms. The van der Waals surface area contributed by atoms with Crippen LogP contribution in [0.25, 0.3) is 23.1 Å². The Kier molecular flexibility index (Phi) is 2.89. The molecule has 22 heavy (non-hydrogen) atoms. The molecule has 0 bridgehead atoms. The third-order valence-corrected chi connectivity index (χ3v) is 3.50. The predicted molar refractivity (Wildman–Crippen MR) is 84.0 cm³/mol. The first-order chi connectivity index (χ1) is 10.8. The molecule has 0 N–H and O–H groups in total. The number of hydrogen-bond donors (Lipinski definition) is 0. The summed E-state index contributed by atoms with van der Waals surface area (Å²) < 4.78 is 1.59. The van der Waals surface area contributed by atoms with E-state index in [2.05, 4.69) is 38.4 Å². The average Bonchev–Trinajstić information content (AvgIpc) is 3.09. The molecule has 106 valence electrons. The standard InChI is InChI=1S/C17H13N5/c1-12-15(10-13-6-3-2-4-7-13)17-19-16(21-22(17)20-12)14-8-5-9-18-11-14/h2-11H,1H3/b15-10-. The number of pyridine rings is 1. The minimum atomic E-state index is 0.637. The highest BCUT2D eigenvalue weighted by atomic mass is 15.5. The third-order valence-electron chi connectivity index (χ3n) is 3.50. The van der Waals surface area contributed by atoms with Gasteiger partial charge in [-0.1, -0.05) is 30.3 Å². The van der Waals surface area contributed by atoms with E-state index >= 15 is 0 Å². The van der Waals surface area contributed by atoms with E-state index < -0.39 is 0 Å². The molecule has 0 atom stereocenters. The lowest BCUT2D eigenvalue weighted by Gasteiger charge is -1.92. The Bertz CT molecular complexity index is 974. The summed E-state index contributed by atoms with van der Waals surface area (Å²) in [7, 11) is 0. The molecule has 5 heteroatoms. The first kappa shape index (κ1) is 12.6. The molecule has 0 aliphatic rings. The Balaban J connectivity index is 1.91. The van der Waals surface area contributed by atoms with E-state index in [0.717, 1.165) is 27.7 Å². The third kappa shape index (κ3) is 2.13. The maximum Gasteiger partial charge on any atom is 0.185 e. The summed E-state index contributed by atoms with van der Waals surface area (Å²) >= 11 is 0. The van der Waals surface area contributed by atoms with Crippen LogP contribution >= 0.6 is 0 Å². The van der Waals surface area contributed by atoms with Crippen molar-refractivity contribution in [2.75, 3.05) is 0 Å². The maximum atomic E-state index is 4.62. The minimum Gasteiger partial charge on any atom is -0.264 e. The molecule has 0 fully saturated rings. The summed E-state index contributed by atoms with van der Waals surface area (Å²) in [5.74, 6) is 0.637. The maximum absolute atomic E-state index is 4.62. The van der Waals surface area contributed by atoms with Crippen LogP contribution in [0.2, 0.25) is 0 Å². The lowest BCUT2D eigenvalue weighted by Crippen LogP contribution is -2.03. The predicted octanol–water partition coefficient (Wildman–Crippen LogP) is 2.04. The van der Waals surface area contributed by atoms with Gasteiger partial charge >= 0.3 is 0 Å². The SMILES string of the molecule is Cc1nn2nc(-c3cccnc3)nc2/c1=C\c1ccccc1. The number of aryl methyl sites for hydroxylation is 1. The van der Waals surface area contributed by atoms with E-state index in [4.69, 9.17) is 0 Å². The van der Waals surface area contributed by atoms with Crippen molar-refractivity contribution in [1.29, 1.82) is 0 Å². The van der Waals surface area contributed by atoms with E-state index in [0.29, 0.717) is 5.82 Å². The largest absolute Gasteiger partial charge is 0.264 e. The van der Waals surface area contributed by atoms with Crippen molar-refractivity contribution in [3.05, 3.63) is 71.3 Å². The smallest absolute Gasteiger partial charge is 0.185 e. The minimum absolute atomic E-state index is 0.637. The number of benzene rings is 1. The van der Waals surface area contributed by atoms with Crippen LogP contribution in [0, 0.1) is 6.92 Å². The summed E-state index contributed by atoms with van der Waals surface area (Å²) in [6, 6.07) is 14.0. The fraction of sp³-hybridized carbons (Fsp3) is 0.0588. The zero-order chi connectivity index (χ0) is 14.9. The van der Waals surface area contributed by atoms with Gasteiger partial charge in [-0.25, -0.2) is 4.98 Å². The van der Waals surface area contributed by atoms with Gasteiger partial charge in [-0.3, -0.25) is 4.98 Å². The monoisotopic (exact) mass is 287 g/mol. The number of hydrogen-bond acceptors (Lipinski definition) is 4. The van der Waals surface area contributed by atoms with Gasteiger partial charge in [0.15, 0.2) is 11.5 Å². The molecule has 0 radical (unpaired) electrons. The lowest BCUT2D eigenvalue weighted by atomic mass is 10.2. The number of rotatable bonds is 2. The van der Waals surface area contributed by atoms with E-state index in [1.165, 1.54) is 0 Å². The first-order valence-electron chi connectivity index (χ1n) is 7.02. The molecule has 0 saturated heterocycles. The van der Waals surface area contributed by atoms with Gasteiger partial charge in [0.2, 0.25) is 0 Å². The fourth-order valence-corrected chi connectivity index (χ4v) is 2.40. The van der Waals surface area contributed by atoms with Crippen molar-refractivity contribution < 1.29 is 0 Å². The van der Waals surface area contributed by atoms with Crippen LogP contribution in [-0.2, 0) is 0 Å². The molecule has 3 aromatic heterocycles. The van der Waals surface area contributed by atoms with Crippen LogP contribution in [-0.4, -0.2) is 24.8 Å². The van der Waals surface area contributed by atoms with Crippen molar-refractivity contribution in [3.63, 3.8) is 0 Å². The van der Waals surface area contributed by atoms with E-state index in [1.807, 2.05) is 37.3 Å². The Labute approximate surface area is 127 Å². The summed E-state index contributed by atoms with van der Waals surface area (Å²) in [5, 5.41) is 9.88. The molecular formula is C17H13N5. The van der Waals surface area contributed by atoms with Gasteiger partial charge in [0.1, 0.15) is 0 Å². The molecule has 4 rings (SSSR count). The summed E-state index contributed by atoms with van der Waals surface area (Å²) in [5.41, 5.74) is 3.68. The Morgan fingerprint density at radius 2 is 1.86 bits per heavy atom. The zero-order valence-electron chi connectivity index (χ0n) is 12.0. The Morgan fingerprint density at radius 3 is 2.64 bits per heavy atom. The quantitative estimate of drug-likeness (QED) is 0.566. The van der Waals surface area contributed by atoms with Gasteiger partial charge in [0.05, 0.1) is 5.69 Å². The molecule has 5 nitrogen and oxygen atoms in total. The molecule has 0 amide bonds. The second-order valence-electron chi connectivity index (χ2n) is 5.04. The highest BCUT2D eigenvalue weighted by Gasteiger charge is 2.11. The second-order valence-corrected chi connectivity index (χ2v) is 5.04. The lowest BCUT2D eigenvalue weighted by molar-refractivity contribution is 0.810. The molecular weight excluding hydrogens is 274 g/mol. The normalized spacial score (nSPS) is 12.1. The molecule has 4 aromatic rings. The van der Waals surface area contributed by atoms with Crippen molar-refractivity contribution in [2.45, 2.75) is 6.92 Å². The van der Waals surface area contributed by atoms with Crippen LogP contribution in [0.1, 0.15) is 11.3 Å². The van der Waals surface area contributed by atoms with Crippen molar-refractivity contribution in [3.8, 4) is 11.4 Å². The van der Waals surface area contributed by atoms with Gasteiger partial charge in [-0.05, 0) is 30.7 Å². The summed E-state index contributed by atoms with van der Waals surface area (Å²) in [4.78, 5) is 8.72. The van der Waals surface area contributed by atoms with Gasteiger partial charge in [0, 0.05) is 23.2 Å². The highest BCUT2D eigenvalue weighted by molar-refractivity contribution is 5.61. The van der Waals surface area contributed by atoms with E-state index in [9.17, 15) is 0 Å². The van der Waals surface area contributed by atoms with E-state index in [1.54, 1.807) is 17.0 Å². The molecule has 0 aliphatic heterocycles. The topological polar surface area (TPSA) is 56.0 Å². The van der Waals surface area contributed by atoms with Crippen molar-refractivity contribution >= 4 is 11.7 Å². The van der Waals surface area contributed by atoms with E-state index in [-0.39, 0.29) is 0 Å². The molecule has 0 aliphatic carbocycles. The molecule has 0 unspecified atom stereocenters. The number of fused-ring (bicyclic) bond motifs is 1. The molecule has 3 heterocycles. The summed E-state index contributed by atoms with van der Waals surface area (Å²) in [6.07, 6.45) is 5.57. The Hall–Kier alpha value is -3.08. The Morgan fingerprint density at radius 1 is 1.00 bits per heavy atom. The summed E-state index contributed by atoms with van der Waals surface area (Å²) in [6.45, 7) is 1.97. The number of nitrogens with zero attached hydrogens (tertiary/aromatic N) is 5. The average molecular weight is 287 g/mol. The van der Waals surface area contributed by atoms with Gasteiger partial charge in [-0.15, -0.1) is 9.73 Å². The fourth-order valence-electron chi connectivity index (χ4n) is 2.40. The van der Waals surface area contributed by atoms with Gasteiger partial charge in [-0.2, -0.15) is 5.10 Å². The zero-order valence-corrected chi connectivity index (χ0v) is 12.0.